The molecule has 0 aliphatic carbocycles. The van der Waals surface area contributed by atoms with E-state index < -0.39 is 23.2 Å². The van der Waals surface area contributed by atoms with E-state index >= 15 is 0 Å². The number of ether oxygens (including phenoxy) is 1. The summed E-state index contributed by atoms with van der Waals surface area (Å²) in [4.78, 5) is 11.0. The lowest BCUT2D eigenvalue weighted by molar-refractivity contribution is -0.147. The van der Waals surface area contributed by atoms with Crippen LogP contribution in [-0.4, -0.2) is 18.2 Å². The van der Waals surface area contributed by atoms with Crippen LogP contribution in [-0.2, 0) is 4.79 Å². The van der Waals surface area contributed by atoms with E-state index in [1.807, 2.05) is 0 Å². The molecule has 5 heteroatoms. The maximum absolute atomic E-state index is 13.8. The lowest BCUT2D eigenvalue weighted by atomic mass is 9.84. The second kappa shape index (κ2) is 5.35. The van der Waals surface area contributed by atoms with E-state index in [2.05, 4.69) is 0 Å². The van der Waals surface area contributed by atoms with Gasteiger partial charge in [0.15, 0.2) is 0 Å². The molecule has 0 aliphatic heterocycles. The second-order valence-electron chi connectivity index (χ2n) is 4.89. The van der Waals surface area contributed by atoms with Crippen LogP contribution in [0.1, 0.15) is 31.9 Å². The molecule has 0 saturated carbocycles. The first-order chi connectivity index (χ1) is 8.27. The Labute approximate surface area is 106 Å². The fourth-order valence-corrected chi connectivity index (χ4v) is 1.68. The topological polar surface area (TPSA) is 72.5 Å². The zero-order valence-electron chi connectivity index (χ0n) is 10.7. The van der Waals surface area contributed by atoms with Crippen molar-refractivity contribution in [3.8, 4) is 5.75 Å². The van der Waals surface area contributed by atoms with Gasteiger partial charge in [-0.1, -0.05) is 6.07 Å². The normalized spacial score (nSPS) is 13.2. The van der Waals surface area contributed by atoms with Gasteiger partial charge < -0.3 is 15.6 Å². The standard InChI is InChI=1S/C13H18FNO3/c1-13(2,12(16)17)7-11(15)9-5-4-8(18-3)6-10(9)14/h4-6,11H,7,15H2,1-3H3,(H,16,17). The number of nitrogens with two attached hydrogens (primary N) is 1. The van der Waals surface area contributed by atoms with Crippen molar-refractivity contribution in [2.75, 3.05) is 7.11 Å². The van der Waals surface area contributed by atoms with Gasteiger partial charge in [-0.2, -0.15) is 0 Å². The summed E-state index contributed by atoms with van der Waals surface area (Å²) in [6.07, 6.45) is 0.158. The Balaban J connectivity index is 2.91. The molecule has 3 N–H and O–H groups in total. The van der Waals surface area contributed by atoms with Crippen molar-refractivity contribution < 1.29 is 19.0 Å². The van der Waals surface area contributed by atoms with Crippen molar-refractivity contribution in [3.63, 3.8) is 0 Å². The van der Waals surface area contributed by atoms with Gasteiger partial charge in [0, 0.05) is 17.7 Å². The number of hydrogen-bond donors (Lipinski definition) is 2. The van der Waals surface area contributed by atoms with Crippen LogP contribution in [0.3, 0.4) is 0 Å². The third-order valence-electron chi connectivity index (χ3n) is 2.92. The van der Waals surface area contributed by atoms with Crippen molar-refractivity contribution in [2.45, 2.75) is 26.3 Å². The molecule has 0 spiro atoms. The molecule has 0 aliphatic rings. The summed E-state index contributed by atoms with van der Waals surface area (Å²) in [5.41, 5.74) is 5.17. The van der Waals surface area contributed by atoms with E-state index in [0.717, 1.165) is 0 Å². The summed E-state index contributed by atoms with van der Waals surface area (Å²) in [5, 5.41) is 9.02. The van der Waals surface area contributed by atoms with Crippen molar-refractivity contribution in [2.24, 2.45) is 11.1 Å². The van der Waals surface area contributed by atoms with E-state index in [9.17, 15) is 9.18 Å². The predicted molar refractivity (Wildman–Crippen MR) is 65.9 cm³/mol. The average molecular weight is 255 g/mol. The first-order valence-corrected chi connectivity index (χ1v) is 5.60. The molecule has 0 heterocycles. The molecule has 4 nitrogen and oxygen atoms in total. The number of carboxylic acid groups (broad SMARTS) is 1. The molecule has 18 heavy (non-hydrogen) atoms. The largest absolute Gasteiger partial charge is 0.497 e. The molecule has 0 amide bonds. The molecule has 0 saturated heterocycles. The summed E-state index contributed by atoms with van der Waals surface area (Å²) < 4.78 is 18.7. The number of benzene rings is 1. The zero-order chi connectivity index (χ0) is 13.9. The molecule has 1 aromatic carbocycles. The molecule has 100 valence electrons. The summed E-state index contributed by atoms with van der Waals surface area (Å²) in [6.45, 7) is 3.13. The number of rotatable bonds is 5. The van der Waals surface area contributed by atoms with E-state index in [0.29, 0.717) is 11.3 Å². The van der Waals surface area contributed by atoms with Gasteiger partial charge in [-0.25, -0.2) is 4.39 Å². The minimum Gasteiger partial charge on any atom is -0.497 e. The van der Waals surface area contributed by atoms with E-state index in [1.54, 1.807) is 19.9 Å². The quantitative estimate of drug-likeness (QED) is 0.847. The number of halogens is 1. The summed E-state index contributed by atoms with van der Waals surface area (Å²) in [5.74, 6) is -1.03. The maximum Gasteiger partial charge on any atom is 0.309 e. The highest BCUT2D eigenvalue weighted by molar-refractivity contribution is 5.73. The molecule has 1 atom stereocenters. The minimum atomic E-state index is -0.994. The van der Waals surface area contributed by atoms with E-state index in [4.69, 9.17) is 15.6 Å². The summed E-state index contributed by atoms with van der Waals surface area (Å²) >= 11 is 0. The number of hydrogen-bond acceptors (Lipinski definition) is 3. The number of methoxy groups -OCH3 is 1. The number of carbonyl (C=O) groups is 1. The number of aliphatic carboxylic acids is 1. The van der Waals surface area contributed by atoms with Crippen LogP contribution in [0.5, 0.6) is 5.75 Å². The van der Waals surface area contributed by atoms with Crippen molar-refractivity contribution in [3.05, 3.63) is 29.6 Å². The third-order valence-corrected chi connectivity index (χ3v) is 2.92. The van der Waals surface area contributed by atoms with Gasteiger partial charge in [-0.05, 0) is 26.3 Å². The molecule has 0 aromatic heterocycles. The van der Waals surface area contributed by atoms with Gasteiger partial charge in [0.1, 0.15) is 11.6 Å². The zero-order valence-corrected chi connectivity index (χ0v) is 10.7. The lowest BCUT2D eigenvalue weighted by Crippen LogP contribution is -2.29. The monoisotopic (exact) mass is 255 g/mol. The van der Waals surface area contributed by atoms with Crippen LogP contribution in [0.4, 0.5) is 4.39 Å². The van der Waals surface area contributed by atoms with Crippen LogP contribution >= 0.6 is 0 Å². The second-order valence-corrected chi connectivity index (χ2v) is 4.89. The highest BCUT2D eigenvalue weighted by Gasteiger charge is 2.30. The van der Waals surface area contributed by atoms with Gasteiger partial charge in [-0.3, -0.25) is 4.79 Å². The molecule has 1 rings (SSSR count). The molecule has 0 fully saturated rings. The summed E-state index contributed by atoms with van der Waals surface area (Å²) in [7, 11) is 1.45. The molecule has 1 aromatic rings. The Morgan fingerprint density at radius 2 is 2.17 bits per heavy atom. The third kappa shape index (κ3) is 3.20. The van der Waals surface area contributed by atoms with Gasteiger partial charge in [0.2, 0.25) is 0 Å². The smallest absolute Gasteiger partial charge is 0.309 e. The Kier molecular flexibility index (Phi) is 4.29. The molecular formula is C13H18FNO3. The Morgan fingerprint density at radius 1 is 1.56 bits per heavy atom. The highest BCUT2D eigenvalue weighted by atomic mass is 19.1. The van der Waals surface area contributed by atoms with E-state index in [-0.39, 0.29) is 6.42 Å². The van der Waals surface area contributed by atoms with Gasteiger partial charge in [-0.15, -0.1) is 0 Å². The Hall–Kier alpha value is -1.62. The van der Waals surface area contributed by atoms with Crippen LogP contribution < -0.4 is 10.5 Å². The first kappa shape index (κ1) is 14.4. The predicted octanol–water partition coefficient (Wildman–Crippen LogP) is 2.33. The van der Waals surface area contributed by atoms with Crippen molar-refractivity contribution in [1.29, 1.82) is 0 Å². The minimum absolute atomic E-state index is 0.158. The maximum atomic E-state index is 13.8. The highest BCUT2D eigenvalue weighted by Crippen LogP contribution is 2.30. The van der Waals surface area contributed by atoms with Gasteiger partial charge in [0.05, 0.1) is 12.5 Å². The lowest BCUT2D eigenvalue weighted by Gasteiger charge is -2.24. The van der Waals surface area contributed by atoms with Crippen LogP contribution in [0.2, 0.25) is 0 Å². The van der Waals surface area contributed by atoms with Gasteiger partial charge in [0.25, 0.3) is 0 Å². The van der Waals surface area contributed by atoms with Crippen LogP contribution in [0.25, 0.3) is 0 Å². The first-order valence-electron chi connectivity index (χ1n) is 5.60. The van der Waals surface area contributed by atoms with Crippen molar-refractivity contribution in [1.82, 2.24) is 0 Å². The molecule has 1 unspecified atom stereocenters. The van der Waals surface area contributed by atoms with Crippen molar-refractivity contribution >= 4 is 5.97 Å². The Morgan fingerprint density at radius 3 is 2.61 bits per heavy atom. The van der Waals surface area contributed by atoms with Crippen LogP contribution in [0, 0.1) is 11.2 Å². The molecule has 0 radical (unpaired) electrons. The average Bonchev–Trinajstić information content (AvgIpc) is 2.27. The molecular weight excluding hydrogens is 237 g/mol. The molecule has 0 bridgehead atoms. The van der Waals surface area contributed by atoms with Crippen LogP contribution in [0.15, 0.2) is 18.2 Å². The van der Waals surface area contributed by atoms with E-state index in [1.165, 1.54) is 19.2 Å². The SMILES string of the molecule is COc1ccc(C(N)CC(C)(C)C(=O)O)c(F)c1. The van der Waals surface area contributed by atoms with Gasteiger partial charge >= 0.3 is 5.97 Å². The summed E-state index contributed by atoms with van der Waals surface area (Å²) in [6, 6.07) is 3.70. The fraction of sp³-hybridized carbons (Fsp3) is 0.462. The fourth-order valence-electron chi connectivity index (χ4n) is 1.68. The number of carboxylic acids is 1. The Bertz CT molecular complexity index is 446.